The second-order valence-electron chi connectivity index (χ2n) is 12.4. The molecule has 0 aromatic heterocycles. The molecule has 0 unspecified atom stereocenters. The van der Waals surface area contributed by atoms with E-state index >= 15 is 0 Å². The Balaban J connectivity index is 0.000000177. The number of hydrogen-bond acceptors (Lipinski definition) is 0. The predicted octanol–water partition coefficient (Wildman–Crippen LogP) is 13.7. The molecule has 0 saturated carbocycles. The molecule has 0 aliphatic carbocycles. The van der Waals surface area contributed by atoms with Gasteiger partial charge in [0.25, 0.3) is 0 Å². The van der Waals surface area contributed by atoms with Crippen LogP contribution in [-0.4, -0.2) is 9.52 Å². The summed E-state index contributed by atoms with van der Waals surface area (Å²) in [6.07, 6.45) is 2.11. The Bertz CT molecular complexity index is 2080. The predicted molar refractivity (Wildman–Crippen MR) is 217 cm³/mol. The maximum absolute atomic E-state index is 2.33. The van der Waals surface area contributed by atoms with Crippen LogP contribution in [0.4, 0.5) is 0 Å². The third-order valence-electron chi connectivity index (χ3n) is 9.09. The molecule has 0 spiro atoms. The van der Waals surface area contributed by atoms with Crippen LogP contribution in [0.1, 0.15) is 25.0 Å². The molecule has 0 atom stereocenters. The minimum absolute atomic E-state index is 0. The fourth-order valence-corrected chi connectivity index (χ4v) is 6.72. The van der Waals surface area contributed by atoms with E-state index < -0.39 is 0 Å². The van der Waals surface area contributed by atoms with Crippen LogP contribution < -0.4 is 0 Å². The molecule has 0 heterocycles. The number of hydrogen-bond donors (Lipinski definition) is 0. The molecule has 244 valence electrons. The van der Waals surface area contributed by atoms with E-state index in [0.717, 1.165) is 22.4 Å². The van der Waals surface area contributed by atoms with Gasteiger partial charge in [-0.3, -0.25) is 0 Å². The Kier molecular flexibility index (Phi) is 13.3. The van der Waals surface area contributed by atoms with Crippen LogP contribution >= 0.6 is 0 Å². The summed E-state index contributed by atoms with van der Waals surface area (Å²) in [7, 11) is 1.08. The molecule has 8 aromatic rings. The molecule has 8 rings (SSSR count). The molecule has 0 N–H and O–H groups in total. The van der Waals surface area contributed by atoms with Gasteiger partial charge in [-0.05, 0) is 35.1 Å². The molecular formula is C48H44SiZr. The van der Waals surface area contributed by atoms with Gasteiger partial charge in [0.2, 0.25) is 0 Å². The third-order valence-corrected chi connectivity index (χ3v) is 9.09. The van der Waals surface area contributed by atoms with Gasteiger partial charge in [-0.2, -0.15) is 0 Å². The van der Waals surface area contributed by atoms with E-state index in [1.54, 1.807) is 0 Å². The van der Waals surface area contributed by atoms with Crippen molar-refractivity contribution >= 4 is 31.1 Å². The van der Waals surface area contributed by atoms with Gasteiger partial charge in [0.15, 0.2) is 0 Å². The Morgan fingerprint density at radius 3 is 1.14 bits per heavy atom. The van der Waals surface area contributed by atoms with Crippen molar-refractivity contribution < 1.29 is 26.2 Å². The zero-order valence-corrected chi connectivity index (χ0v) is 33.0. The van der Waals surface area contributed by atoms with Gasteiger partial charge in [-0.25, -0.2) is 0 Å². The summed E-state index contributed by atoms with van der Waals surface area (Å²) >= 11 is 0. The normalized spacial score (nSPS) is 10.5. The third kappa shape index (κ3) is 8.32. The number of benzene rings is 6. The minimum Gasteiger partial charge on any atom is -0.144 e. The van der Waals surface area contributed by atoms with Gasteiger partial charge < -0.3 is 0 Å². The standard InChI is InChI=1S/2C23H19.C2H6Si.Zr/c2*1-2-17-9-6-7-13-21(17)22-14-8-12-19-15-20(16-23(19)22)18-10-4-3-5-11-18;1-3-2;/h2*3-16H,2H2,1H3;1-2H3;/q2*-1;;+2. The van der Waals surface area contributed by atoms with Gasteiger partial charge >= 0.3 is 26.2 Å². The van der Waals surface area contributed by atoms with E-state index in [0.29, 0.717) is 0 Å². The monoisotopic (exact) mass is 738 g/mol. The fourth-order valence-electron chi connectivity index (χ4n) is 6.72. The SMILES string of the molecule is CCc1ccccc1-c1cccc2[cH-]c(-c3ccccc3)cc12.CCc1ccccc1-c1cccc2[cH-]c(-c3ccccc3)cc12.C[Si]C.[Zr+2]. The Morgan fingerprint density at radius 2 is 0.760 bits per heavy atom. The summed E-state index contributed by atoms with van der Waals surface area (Å²) in [4.78, 5) is 0. The van der Waals surface area contributed by atoms with Crippen LogP contribution in [0.5, 0.6) is 0 Å². The van der Waals surface area contributed by atoms with Gasteiger partial charge in [0, 0.05) is 9.52 Å². The van der Waals surface area contributed by atoms with E-state index in [-0.39, 0.29) is 26.2 Å². The van der Waals surface area contributed by atoms with E-state index in [1.807, 2.05) is 0 Å². The van der Waals surface area contributed by atoms with Crippen molar-refractivity contribution in [1.82, 2.24) is 0 Å². The van der Waals surface area contributed by atoms with Crippen molar-refractivity contribution in [1.29, 1.82) is 0 Å². The Hall–Kier alpha value is -4.36. The second kappa shape index (κ2) is 18.0. The quantitative estimate of drug-likeness (QED) is 0.118. The molecule has 8 aromatic carbocycles. The van der Waals surface area contributed by atoms with Crippen molar-refractivity contribution in [3.63, 3.8) is 0 Å². The summed E-state index contributed by atoms with van der Waals surface area (Å²) in [5, 5.41) is 5.30. The summed E-state index contributed by atoms with van der Waals surface area (Å²) in [5.74, 6) is 0. The largest absolute Gasteiger partial charge is 2.00 e. The summed E-state index contributed by atoms with van der Waals surface area (Å²) in [6, 6.07) is 61.2. The van der Waals surface area contributed by atoms with Gasteiger partial charge in [-0.15, -0.1) is 69.1 Å². The summed E-state index contributed by atoms with van der Waals surface area (Å²) in [6.45, 7) is 8.75. The molecule has 2 radical (unpaired) electrons. The molecule has 0 fully saturated rings. The van der Waals surface area contributed by atoms with Crippen molar-refractivity contribution in [2.24, 2.45) is 0 Å². The smallest absolute Gasteiger partial charge is 0.144 e. The van der Waals surface area contributed by atoms with Gasteiger partial charge in [0.1, 0.15) is 0 Å². The Morgan fingerprint density at radius 1 is 0.420 bits per heavy atom. The van der Waals surface area contributed by atoms with E-state index in [1.165, 1.54) is 77.2 Å². The van der Waals surface area contributed by atoms with Crippen molar-refractivity contribution in [3.05, 3.63) is 181 Å². The van der Waals surface area contributed by atoms with Gasteiger partial charge in [0.05, 0.1) is 0 Å². The zero-order valence-electron chi connectivity index (χ0n) is 29.6. The molecule has 0 aliphatic rings. The number of fused-ring (bicyclic) bond motifs is 2. The van der Waals surface area contributed by atoms with Crippen molar-refractivity contribution in [2.75, 3.05) is 0 Å². The summed E-state index contributed by atoms with van der Waals surface area (Å²) in [5.41, 5.74) is 13.3. The van der Waals surface area contributed by atoms with Crippen LogP contribution in [0.2, 0.25) is 13.1 Å². The van der Waals surface area contributed by atoms with E-state index in [4.69, 9.17) is 0 Å². The first-order valence-corrected chi connectivity index (χ1v) is 19.4. The minimum atomic E-state index is 0. The number of rotatable bonds is 6. The first kappa shape index (κ1) is 36.9. The maximum Gasteiger partial charge on any atom is 2.00 e. The maximum atomic E-state index is 2.33. The van der Waals surface area contributed by atoms with Crippen molar-refractivity contribution in [3.8, 4) is 44.5 Å². The van der Waals surface area contributed by atoms with Crippen LogP contribution in [-0.2, 0) is 39.0 Å². The fraction of sp³-hybridized carbons (Fsp3) is 0.125. The molecule has 0 amide bonds. The van der Waals surface area contributed by atoms with Crippen molar-refractivity contribution in [2.45, 2.75) is 39.8 Å². The van der Waals surface area contributed by atoms with E-state index in [9.17, 15) is 0 Å². The van der Waals surface area contributed by atoms with Crippen LogP contribution in [0.15, 0.2) is 170 Å². The first-order valence-electron chi connectivity index (χ1n) is 17.4. The molecule has 50 heavy (non-hydrogen) atoms. The average molecular weight is 740 g/mol. The molecule has 0 nitrogen and oxygen atoms in total. The Labute approximate surface area is 320 Å². The van der Waals surface area contributed by atoms with Crippen LogP contribution in [0, 0.1) is 0 Å². The molecule has 2 heteroatoms. The number of aryl methyl sites for hydroxylation is 2. The summed E-state index contributed by atoms with van der Waals surface area (Å²) < 4.78 is 0. The molecule has 0 aliphatic heterocycles. The zero-order chi connectivity index (χ0) is 34.0. The molecule has 0 saturated heterocycles. The average Bonchev–Trinajstić information content (AvgIpc) is 3.82. The van der Waals surface area contributed by atoms with Crippen LogP contribution in [0.3, 0.4) is 0 Å². The molecular weight excluding hydrogens is 696 g/mol. The van der Waals surface area contributed by atoms with Gasteiger partial charge in [-0.1, -0.05) is 183 Å². The van der Waals surface area contributed by atoms with E-state index in [2.05, 4.69) is 197 Å². The second-order valence-corrected chi connectivity index (χ2v) is 13.4. The van der Waals surface area contributed by atoms with Crippen LogP contribution in [0.25, 0.3) is 66.1 Å². The topological polar surface area (TPSA) is 0 Å². The first-order chi connectivity index (χ1) is 24.1. The molecule has 0 bridgehead atoms.